The Kier molecular flexibility index (Phi) is 9.12. The first-order valence-electron chi connectivity index (χ1n) is 13.3. The van der Waals surface area contributed by atoms with Crippen LogP contribution in [-0.4, -0.2) is 45.2 Å². The second-order valence-corrected chi connectivity index (χ2v) is 10.3. The van der Waals surface area contributed by atoms with Crippen LogP contribution in [0.25, 0.3) is 0 Å². The number of carbonyl (C=O) groups excluding carboxylic acids is 3. The van der Waals surface area contributed by atoms with E-state index >= 15 is 0 Å². The molecule has 39 heavy (non-hydrogen) atoms. The van der Waals surface area contributed by atoms with Gasteiger partial charge in [0.25, 0.3) is 0 Å². The van der Waals surface area contributed by atoms with Gasteiger partial charge in [0.1, 0.15) is 17.4 Å². The molecule has 2 aromatic rings. The van der Waals surface area contributed by atoms with Gasteiger partial charge in [-0.15, -0.1) is 11.3 Å². The zero-order valence-electron chi connectivity index (χ0n) is 23.0. The highest BCUT2D eigenvalue weighted by Crippen LogP contribution is 2.51. The summed E-state index contributed by atoms with van der Waals surface area (Å²) in [6.45, 7) is 5.83. The lowest BCUT2D eigenvalue weighted by Crippen LogP contribution is -2.43. The zero-order chi connectivity index (χ0) is 28.1. The number of nitrogens with one attached hydrogen (secondary N) is 1. The summed E-state index contributed by atoms with van der Waals surface area (Å²) in [5.41, 5.74) is 2.69. The quantitative estimate of drug-likeness (QED) is 0.314. The smallest absolute Gasteiger partial charge is 0.336 e. The molecule has 0 amide bonds. The van der Waals surface area contributed by atoms with Crippen molar-refractivity contribution in [1.82, 2.24) is 5.32 Å². The molecule has 0 unspecified atom stereocenters. The number of hydrogen-bond donors (Lipinski definition) is 1. The van der Waals surface area contributed by atoms with Gasteiger partial charge in [0.15, 0.2) is 5.78 Å². The minimum absolute atomic E-state index is 0.158. The zero-order valence-corrected chi connectivity index (χ0v) is 23.8. The first kappa shape index (κ1) is 28.4. The summed E-state index contributed by atoms with van der Waals surface area (Å²) in [7, 11) is 3.09. The van der Waals surface area contributed by atoms with E-state index in [9.17, 15) is 14.4 Å². The molecule has 1 aromatic carbocycles. The van der Waals surface area contributed by atoms with Gasteiger partial charge >= 0.3 is 11.9 Å². The van der Waals surface area contributed by atoms with Crippen molar-refractivity contribution in [3.63, 3.8) is 0 Å². The van der Waals surface area contributed by atoms with Crippen LogP contribution in [0.2, 0.25) is 0 Å². The largest absolute Gasteiger partial charge is 0.497 e. The lowest BCUT2D eigenvalue weighted by atomic mass is 9.68. The van der Waals surface area contributed by atoms with Gasteiger partial charge in [-0.2, -0.15) is 0 Å². The molecule has 4 rings (SSSR count). The highest BCUT2D eigenvalue weighted by molar-refractivity contribution is 7.10. The minimum Gasteiger partial charge on any atom is -0.497 e. The summed E-state index contributed by atoms with van der Waals surface area (Å²) >= 11 is 1.51. The summed E-state index contributed by atoms with van der Waals surface area (Å²) in [5.74, 6) is -2.66. The molecule has 9 heteroatoms. The predicted octanol–water partition coefficient (Wildman–Crippen LogP) is 5.26. The molecule has 0 saturated carbocycles. The topological polar surface area (TPSA) is 100 Å². The van der Waals surface area contributed by atoms with Gasteiger partial charge in [0.2, 0.25) is 0 Å². The normalized spacial score (nSPS) is 20.7. The Morgan fingerprint density at radius 1 is 1.05 bits per heavy atom. The molecule has 0 radical (unpaired) electrons. The van der Waals surface area contributed by atoms with Gasteiger partial charge in [0, 0.05) is 33.3 Å². The van der Waals surface area contributed by atoms with Crippen LogP contribution < -0.4 is 14.8 Å². The predicted molar refractivity (Wildman–Crippen MR) is 148 cm³/mol. The fourth-order valence-electron chi connectivity index (χ4n) is 5.49. The monoisotopic (exact) mass is 553 g/mol. The average Bonchev–Trinajstić information content (AvgIpc) is 3.47. The van der Waals surface area contributed by atoms with E-state index in [0.717, 1.165) is 11.3 Å². The van der Waals surface area contributed by atoms with Crippen LogP contribution >= 0.6 is 11.3 Å². The number of hydrogen-bond acceptors (Lipinski definition) is 9. The molecule has 8 nitrogen and oxygen atoms in total. The summed E-state index contributed by atoms with van der Waals surface area (Å²) in [5, 5.41) is 5.38. The molecule has 1 aliphatic carbocycles. The van der Waals surface area contributed by atoms with Crippen molar-refractivity contribution < 1.29 is 33.3 Å². The van der Waals surface area contributed by atoms with Gasteiger partial charge in [-0.3, -0.25) is 9.59 Å². The number of ketones is 1. The number of methoxy groups -OCH3 is 2. The molecule has 2 aliphatic rings. The van der Waals surface area contributed by atoms with Crippen molar-refractivity contribution in [3.8, 4) is 11.5 Å². The van der Waals surface area contributed by atoms with Gasteiger partial charge in [0.05, 0.1) is 38.9 Å². The average molecular weight is 554 g/mol. The number of allylic oxidation sites excluding steroid dienone is 3. The number of rotatable bonds is 10. The number of carbonyl (C=O) groups is 3. The molecule has 0 spiro atoms. The first-order valence-corrected chi connectivity index (χ1v) is 14.1. The lowest BCUT2D eigenvalue weighted by molar-refractivity contribution is -0.152. The van der Waals surface area contributed by atoms with E-state index in [1.165, 1.54) is 11.3 Å². The molecule has 2 heterocycles. The molecular weight excluding hydrogens is 518 g/mol. The maximum atomic E-state index is 14.5. The molecular formula is C30H35NO7S. The second-order valence-electron chi connectivity index (χ2n) is 9.34. The molecule has 0 fully saturated rings. The Morgan fingerprint density at radius 3 is 2.44 bits per heavy atom. The maximum absolute atomic E-state index is 14.5. The number of benzene rings is 1. The highest BCUT2D eigenvalue weighted by Gasteiger charge is 2.50. The summed E-state index contributed by atoms with van der Waals surface area (Å²) < 4.78 is 22.1. The summed E-state index contributed by atoms with van der Waals surface area (Å²) in [4.78, 5) is 42.3. The Hall–Kier alpha value is -3.59. The highest BCUT2D eigenvalue weighted by atomic mass is 32.1. The van der Waals surface area contributed by atoms with Crippen LogP contribution in [0.5, 0.6) is 11.5 Å². The van der Waals surface area contributed by atoms with Gasteiger partial charge in [-0.05, 0) is 56.3 Å². The minimum atomic E-state index is -1.04. The number of thiophene rings is 1. The van der Waals surface area contributed by atoms with Crippen molar-refractivity contribution >= 4 is 29.1 Å². The van der Waals surface area contributed by atoms with E-state index in [1.807, 2.05) is 24.4 Å². The van der Waals surface area contributed by atoms with Crippen LogP contribution in [0.4, 0.5) is 0 Å². The number of Topliss-reactive ketones (excluding diaryl/α,β-unsaturated/α-hetero) is 1. The fraction of sp³-hybridized carbons (Fsp3) is 0.433. The van der Waals surface area contributed by atoms with Crippen molar-refractivity contribution in [3.05, 3.63) is 68.7 Å². The van der Waals surface area contributed by atoms with Gasteiger partial charge in [-0.1, -0.05) is 19.4 Å². The molecule has 0 saturated heterocycles. The van der Waals surface area contributed by atoms with Crippen LogP contribution in [0.3, 0.4) is 0 Å². The second kappa shape index (κ2) is 12.5. The number of dihydropyridines is 1. The van der Waals surface area contributed by atoms with Crippen molar-refractivity contribution in [2.75, 3.05) is 27.4 Å². The summed E-state index contributed by atoms with van der Waals surface area (Å²) in [6, 6.07) is 9.15. The maximum Gasteiger partial charge on any atom is 0.336 e. The summed E-state index contributed by atoms with van der Waals surface area (Å²) in [6.07, 6.45) is 1.76. The van der Waals surface area contributed by atoms with E-state index in [2.05, 4.69) is 5.32 Å². The van der Waals surface area contributed by atoms with Gasteiger partial charge in [-0.25, -0.2) is 4.79 Å². The van der Waals surface area contributed by atoms with E-state index in [-0.39, 0.29) is 24.9 Å². The lowest BCUT2D eigenvalue weighted by Gasteiger charge is -2.40. The van der Waals surface area contributed by atoms with Crippen LogP contribution in [0.1, 0.15) is 62.3 Å². The van der Waals surface area contributed by atoms with Crippen molar-refractivity contribution in [2.45, 2.75) is 51.9 Å². The molecule has 208 valence electrons. The van der Waals surface area contributed by atoms with Crippen molar-refractivity contribution in [2.24, 2.45) is 5.92 Å². The molecule has 0 bridgehead atoms. The molecule has 1 aliphatic heterocycles. The van der Waals surface area contributed by atoms with Crippen molar-refractivity contribution in [1.29, 1.82) is 0 Å². The Balaban J connectivity index is 1.99. The van der Waals surface area contributed by atoms with Crippen LogP contribution in [0, 0.1) is 5.92 Å². The first-order chi connectivity index (χ1) is 18.9. The van der Waals surface area contributed by atoms with E-state index in [0.29, 0.717) is 52.4 Å². The van der Waals surface area contributed by atoms with Crippen LogP contribution in [0.15, 0.2) is 58.3 Å². The van der Waals surface area contributed by atoms with E-state index in [1.54, 1.807) is 46.3 Å². The Bertz CT molecular complexity index is 1290. The molecule has 1 N–H and O–H groups in total. The third kappa shape index (κ3) is 5.45. The third-order valence-electron chi connectivity index (χ3n) is 7.10. The fourth-order valence-corrected chi connectivity index (χ4v) is 6.36. The number of esters is 2. The van der Waals surface area contributed by atoms with Gasteiger partial charge < -0.3 is 24.3 Å². The number of ether oxygens (including phenoxy) is 4. The Morgan fingerprint density at radius 2 is 1.82 bits per heavy atom. The SMILES string of the molecule is CCCC1=C(C(=O)OCC)[C@H](c2cc(OC)ccc2OC)C2=C(C[C@H](c3cccs3)[C@@H](C(=O)OCC)C2=O)N1. The Labute approximate surface area is 233 Å². The molecule has 3 atom stereocenters. The molecule has 1 aromatic heterocycles. The van der Waals surface area contributed by atoms with E-state index in [4.69, 9.17) is 18.9 Å². The van der Waals surface area contributed by atoms with E-state index < -0.39 is 23.8 Å². The standard InChI is InChI=1S/C30H35NO7S/c1-6-10-20-27(30(34)38-8-3)24(18-15-17(35-4)12-13-22(18)36-5)26-21(31-20)16-19(23-11-9-14-39-23)25(28(26)32)29(33)37-7-2/h9,11-15,19,24-25,31H,6-8,10,16H2,1-5H3/t19-,24-,25-/m1/s1. The third-order valence-corrected chi connectivity index (χ3v) is 8.10. The van der Waals surface area contributed by atoms with Crippen LogP contribution in [-0.2, 0) is 23.9 Å².